The van der Waals surface area contributed by atoms with Crippen molar-refractivity contribution < 1.29 is 4.74 Å². The van der Waals surface area contributed by atoms with E-state index in [1.165, 1.54) is 0 Å². The lowest BCUT2D eigenvalue weighted by Crippen LogP contribution is -2.14. The summed E-state index contributed by atoms with van der Waals surface area (Å²) in [6.45, 7) is 4.16. The van der Waals surface area contributed by atoms with Crippen molar-refractivity contribution in [2.45, 2.75) is 26.3 Å². The highest BCUT2D eigenvalue weighted by Gasteiger charge is 2.02. The van der Waals surface area contributed by atoms with E-state index >= 15 is 0 Å². The molecular formula is C13H17ClN2O. The summed E-state index contributed by atoms with van der Waals surface area (Å²) in [5.41, 5.74) is 1.12. The maximum absolute atomic E-state index is 8.39. The van der Waals surface area contributed by atoms with Crippen LogP contribution in [0, 0.1) is 11.3 Å². The van der Waals surface area contributed by atoms with Crippen LogP contribution in [0.25, 0.3) is 0 Å². The molecular weight excluding hydrogens is 236 g/mol. The molecule has 1 N–H and O–H groups in total. The predicted octanol–water partition coefficient (Wildman–Crippen LogP) is 3.13. The van der Waals surface area contributed by atoms with Crippen LogP contribution in [0.1, 0.15) is 25.3 Å². The quantitative estimate of drug-likeness (QED) is 0.759. The van der Waals surface area contributed by atoms with E-state index in [1.54, 1.807) is 0 Å². The summed E-state index contributed by atoms with van der Waals surface area (Å²) in [6.07, 6.45) is 1.47. The zero-order valence-corrected chi connectivity index (χ0v) is 10.8. The van der Waals surface area contributed by atoms with Gasteiger partial charge in [-0.25, -0.2) is 0 Å². The van der Waals surface area contributed by atoms with Crippen molar-refractivity contribution in [1.82, 2.24) is 5.32 Å². The van der Waals surface area contributed by atoms with Crippen LogP contribution in [0.5, 0.6) is 5.75 Å². The second kappa shape index (κ2) is 7.94. The fourth-order valence-corrected chi connectivity index (χ4v) is 1.71. The first kappa shape index (κ1) is 13.8. The normalized spacial score (nSPS) is 9.94. The lowest BCUT2D eigenvalue weighted by molar-refractivity contribution is 0.340. The molecule has 3 nitrogen and oxygen atoms in total. The largest absolute Gasteiger partial charge is 0.492 e. The van der Waals surface area contributed by atoms with E-state index in [2.05, 4.69) is 11.4 Å². The van der Waals surface area contributed by atoms with Crippen LogP contribution < -0.4 is 10.1 Å². The summed E-state index contributed by atoms with van der Waals surface area (Å²) in [5.74, 6) is 0.724. The Labute approximate surface area is 107 Å². The zero-order chi connectivity index (χ0) is 12.5. The SMILES string of the molecule is CCOc1ccc(CNCCCC#N)cc1Cl. The number of nitriles is 1. The van der Waals surface area contributed by atoms with Crippen molar-refractivity contribution in [1.29, 1.82) is 5.26 Å². The summed E-state index contributed by atoms with van der Waals surface area (Å²) < 4.78 is 5.36. The maximum atomic E-state index is 8.39. The molecule has 0 aromatic heterocycles. The molecule has 1 aromatic rings. The highest BCUT2D eigenvalue weighted by Crippen LogP contribution is 2.25. The van der Waals surface area contributed by atoms with Crippen molar-refractivity contribution in [3.05, 3.63) is 28.8 Å². The Balaban J connectivity index is 2.39. The van der Waals surface area contributed by atoms with Gasteiger partial charge in [-0.15, -0.1) is 0 Å². The second-order valence-corrected chi connectivity index (χ2v) is 4.04. The van der Waals surface area contributed by atoms with E-state index in [-0.39, 0.29) is 0 Å². The molecule has 0 aliphatic rings. The number of benzene rings is 1. The molecule has 0 saturated carbocycles. The van der Waals surface area contributed by atoms with Crippen molar-refractivity contribution in [2.75, 3.05) is 13.2 Å². The third-order valence-electron chi connectivity index (χ3n) is 2.27. The number of rotatable bonds is 7. The molecule has 0 aliphatic heterocycles. The molecule has 0 bridgehead atoms. The highest BCUT2D eigenvalue weighted by atomic mass is 35.5. The molecule has 0 aliphatic carbocycles. The summed E-state index contributed by atoms with van der Waals surface area (Å²) >= 11 is 6.07. The molecule has 0 unspecified atom stereocenters. The van der Waals surface area contributed by atoms with Crippen LogP contribution in [0.15, 0.2) is 18.2 Å². The van der Waals surface area contributed by atoms with Gasteiger partial charge >= 0.3 is 0 Å². The number of hydrogen-bond acceptors (Lipinski definition) is 3. The average Bonchev–Trinajstić information content (AvgIpc) is 2.32. The van der Waals surface area contributed by atoms with E-state index in [9.17, 15) is 0 Å². The fourth-order valence-electron chi connectivity index (χ4n) is 1.45. The fraction of sp³-hybridized carbons (Fsp3) is 0.462. The van der Waals surface area contributed by atoms with Gasteiger partial charge in [-0.05, 0) is 37.6 Å². The Hall–Kier alpha value is -1.24. The molecule has 1 aromatic carbocycles. The van der Waals surface area contributed by atoms with Crippen LogP contribution in [0.3, 0.4) is 0 Å². The van der Waals surface area contributed by atoms with Gasteiger partial charge in [0.25, 0.3) is 0 Å². The number of nitrogens with zero attached hydrogens (tertiary/aromatic N) is 1. The Bertz CT molecular complexity index is 387. The second-order valence-electron chi connectivity index (χ2n) is 3.64. The van der Waals surface area contributed by atoms with Crippen LogP contribution in [0.2, 0.25) is 5.02 Å². The molecule has 4 heteroatoms. The molecule has 0 heterocycles. The maximum Gasteiger partial charge on any atom is 0.137 e. The van der Waals surface area contributed by atoms with E-state index < -0.39 is 0 Å². The molecule has 92 valence electrons. The van der Waals surface area contributed by atoms with E-state index in [1.807, 2.05) is 25.1 Å². The Morgan fingerprint density at radius 2 is 2.29 bits per heavy atom. The lowest BCUT2D eigenvalue weighted by atomic mass is 10.2. The molecule has 0 atom stereocenters. The Morgan fingerprint density at radius 1 is 1.47 bits per heavy atom. The summed E-state index contributed by atoms with van der Waals surface area (Å²) in [7, 11) is 0. The van der Waals surface area contributed by atoms with Crippen molar-refractivity contribution >= 4 is 11.6 Å². The number of ether oxygens (including phenoxy) is 1. The van der Waals surface area contributed by atoms with Gasteiger partial charge in [0.1, 0.15) is 5.75 Å². The van der Waals surface area contributed by atoms with Gasteiger partial charge in [-0.2, -0.15) is 5.26 Å². The minimum absolute atomic E-state index is 0.594. The number of halogens is 1. The van der Waals surface area contributed by atoms with Crippen molar-refractivity contribution in [3.63, 3.8) is 0 Å². The Morgan fingerprint density at radius 3 is 2.94 bits per heavy atom. The molecule has 0 spiro atoms. The van der Waals surface area contributed by atoms with Gasteiger partial charge < -0.3 is 10.1 Å². The molecule has 0 radical (unpaired) electrons. The standard InChI is InChI=1S/C13H17ClN2O/c1-2-17-13-6-5-11(9-12(13)14)10-16-8-4-3-7-15/h5-6,9,16H,2-4,8,10H2,1H3. The summed E-state index contributed by atoms with van der Waals surface area (Å²) in [6, 6.07) is 7.91. The first-order valence-electron chi connectivity index (χ1n) is 5.76. The highest BCUT2D eigenvalue weighted by molar-refractivity contribution is 6.32. The minimum atomic E-state index is 0.594. The summed E-state index contributed by atoms with van der Waals surface area (Å²) in [4.78, 5) is 0. The number of nitrogens with one attached hydrogen (secondary N) is 1. The summed E-state index contributed by atoms with van der Waals surface area (Å²) in [5, 5.41) is 12.3. The van der Waals surface area contributed by atoms with Gasteiger partial charge in [0, 0.05) is 13.0 Å². The lowest BCUT2D eigenvalue weighted by Gasteiger charge is -2.08. The van der Waals surface area contributed by atoms with Crippen molar-refractivity contribution in [2.24, 2.45) is 0 Å². The number of unbranched alkanes of at least 4 members (excludes halogenated alkanes) is 1. The third kappa shape index (κ3) is 5.08. The van der Waals surface area contributed by atoms with Gasteiger partial charge in [-0.3, -0.25) is 0 Å². The van der Waals surface area contributed by atoms with Crippen LogP contribution >= 0.6 is 11.6 Å². The van der Waals surface area contributed by atoms with Gasteiger partial charge in [0.2, 0.25) is 0 Å². The Kier molecular flexibility index (Phi) is 6.46. The average molecular weight is 253 g/mol. The zero-order valence-electron chi connectivity index (χ0n) is 10.0. The first-order valence-corrected chi connectivity index (χ1v) is 6.14. The monoisotopic (exact) mass is 252 g/mol. The van der Waals surface area contributed by atoms with Crippen LogP contribution in [-0.4, -0.2) is 13.2 Å². The molecule has 0 fully saturated rings. The molecule has 0 amide bonds. The van der Waals surface area contributed by atoms with E-state index in [0.717, 1.165) is 30.8 Å². The third-order valence-corrected chi connectivity index (χ3v) is 2.56. The van der Waals surface area contributed by atoms with Gasteiger partial charge in [0.05, 0.1) is 17.7 Å². The van der Waals surface area contributed by atoms with E-state index in [4.69, 9.17) is 21.6 Å². The minimum Gasteiger partial charge on any atom is -0.492 e. The van der Waals surface area contributed by atoms with Crippen molar-refractivity contribution in [3.8, 4) is 11.8 Å². The van der Waals surface area contributed by atoms with Gasteiger partial charge in [0.15, 0.2) is 0 Å². The van der Waals surface area contributed by atoms with E-state index in [0.29, 0.717) is 18.1 Å². The molecule has 1 rings (SSSR count). The smallest absolute Gasteiger partial charge is 0.137 e. The molecule has 0 saturated heterocycles. The van der Waals surface area contributed by atoms with Crippen LogP contribution in [0.4, 0.5) is 0 Å². The topological polar surface area (TPSA) is 45.0 Å². The van der Waals surface area contributed by atoms with Crippen LogP contribution in [-0.2, 0) is 6.54 Å². The predicted molar refractivity (Wildman–Crippen MR) is 69.2 cm³/mol. The molecule has 17 heavy (non-hydrogen) atoms. The first-order chi connectivity index (χ1) is 8.27. The number of hydrogen-bond donors (Lipinski definition) is 1. The van der Waals surface area contributed by atoms with Gasteiger partial charge in [-0.1, -0.05) is 17.7 Å².